The van der Waals surface area contributed by atoms with E-state index in [1.54, 1.807) is 0 Å². The molecule has 38 heavy (non-hydrogen) atoms. The zero-order chi connectivity index (χ0) is 27.9. The van der Waals surface area contributed by atoms with E-state index in [4.69, 9.17) is 18.6 Å². The Morgan fingerprint density at radius 1 is 0.447 bits per heavy atom. The van der Waals surface area contributed by atoms with Gasteiger partial charge >= 0.3 is 14.2 Å². The van der Waals surface area contributed by atoms with Gasteiger partial charge in [-0.1, -0.05) is 109 Å². The Kier molecular flexibility index (Phi) is 9.83. The predicted molar refractivity (Wildman–Crippen MR) is 161 cm³/mol. The van der Waals surface area contributed by atoms with Gasteiger partial charge in [-0.2, -0.15) is 0 Å². The molecule has 2 fully saturated rings. The molecule has 2 saturated heterocycles. The van der Waals surface area contributed by atoms with Crippen molar-refractivity contribution in [2.24, 2.45) is 0 Å². The quantitative estimate of drug-likeness (QED) is 0.293. The van der Waals surface area contributed by atoms with Crippen LogP contribution in [0.2, 0.25) is 0 Å². The second-order valence-electron chi connectivity index (χ2n) is 11.6. The lowest BCUT2D eigenvalue weighted by Gasteiger charge is -2.32. The van der Waals surface area contributed by atoms with Gasteiger partial charge in [-0.05, 0) is 66.5 Å². The number of hydrogen-bond donors (Lipinski definition) is 0. The fourth-order valence-corrected chi connectivity index (χ4v) is 3.71. The number of allylic oxidation sites excluding steroid dienone is 4. The Balaban J connectivity index is 0.000000211. The second-order valence-corrected chi connectivity index (χ2v) is 11.6. The van der Waals surface area contributed by atoms with Crippen LogP contribution in [0.1, 0.15) is 66.5 Å². The van der Waals surface area contributed by atoms with Crippen molar-refractivity contribution in [2.75, 3.05) is 0 Å². The van der Waals surface area contributed by atoms with Gasteiger partial charge in [0.05, 0.1) is 22.4 Å². The molecule has 0 N–H and O–H groups in total. The molecule has 2 aromatic carbocycles. The van der Waals surface area contributed by atoms with Gasteiger partial charge in [-0.3, -0.25) is 0 Å². The number of rotatable bonds is 6. The molecule has 4 rings (SSSR count). The van der Waals surface area contributed by atoms with E-state index in [1.165, 1.54) is 11.1 Å². The van der Waals surface area contributed by atoms with Crippen molar-refractivity contribution in [3.63, 3.8) is 0 Å². The summed E-state index contributed by atoms with van der Waals surface area (Å²) < 4.78 is 23.5. The van der Waals surface area contributed by atoms with Crippen molar-refractivity contribution in [1.82, 2.24) is 0 Å². The molecular formula is C32H42B2O4. The summed E-state index contributed by atoms with van der Waals surface area (Å²) in [6.45, 7) is 16.4. The summed E-state index contributed by atoms with van der Waals surface area (Å²) in [4.78, 5) is 0. The highest BCUT2D eigenvalue weighted by molar-refractivity contribution is 6.52. The third-order valence-corrected chi connectivity index (χ3v) is 7.48. The molecule has 0 aromatic heterocycles. The third-order valence-electron chi connectivity index (χ3n) is 7.48. The Labute approximate surface area is 230 Å². The fourth-order valence-electron chi connectivity index (χ4n) is 3.71. The summed E-state index contributed by atoms with van der Waals surface area (Å²) in [6.07, 6.45) is 12.1. The molecule has 0 aliphatic carbocycles. The van der Waals surface area contributed by atoms with Crippen LogP contribution >= 0.6 is 0 Å². The Morgan fingerprint density at radius 2 is 0.737 bits per heavy atom. The van der Waals surface area contributed by atoms with E-state index in [1.807, 2.05) is 72.7 Å². The lowest BCUT2D eigenvalue weighted by molar-refractivity contribution is 0.00578. The molecule has 0 radical (unpaired) electrons. The average molecular weight is 512 g/mol. The summed E-state index contributed by atoms with van der Waals surface area (Å²) in [5.41, 5.74) is 1.27. The molecule has 0 atom stereocenters. The monoisotopic (exact) mass is 512 g/mol. The highest BCUT2D eigenvalue weighted by Gasteiger charge is 2.50. The normalized spacial score (nSPS) is 21.6. The standard InChI is InChI=1S/2C16H21BO2/c2*1-15(2)16(3,4)19-17(18-15)13-9-8-12-14-10-6-5-7-11-14/h2*5-13H,1-4H3/b2*12-8+,13-9-. The van der Waals surface area contributed by atoms with Crippen molar-refractivity contribution in [3.05, 3.63) is 108 Å². The van der Waals surface area contributed by atoms with Crippen LogP contribution < -0.4 is 0 Å². The Morgan fingerprint density at radius 3 is 1.03 bits per heavy atom. The highest BCUT2D eigenvalue weighted by atomic mass is 16.7. The van der Waals surface area contributed by atoms with Gasteiger partial charge in [0.15, 0.2) is 0 Å². The minimum Gasteiger partial charge on any atom is -0.400 e. The van der Waals surface area contributed by atoms with Gasteiger partial charge in [-0.25, -0.2) is 0 Å². The van der Waals surface area contributed by atoms with Gasteiger partial charge in [0, 0.05) is 0 Å². The maximum atomic E-state index is 5.87. The van der Waals surface area contributed by atoms with E-state index in [0.29, 0.717) is 0 Å². The predicted octanol–water partition coefficient (Wildman–Crippen LogP) is 7.77. The topological polar surface area (TPSA) is 36.9 Å². The van der Waals surface area contributed by atoms with E-state index in [0.717, 1.165) is 0 Å². The molecule has 2 heterocycles. The minimum atomic E-state index is -0.273. The van der Waals surface area contributed by atoms with E-state index in [2.05, 4.69) is 91.8 Å². The summed E-state index contributed by atoms with van der Waals surface area (Å²) in [5, 5.41) is 0. The van der Waals surface area contributed by atoms with E-state index in [-0.39, 0.29) is 36.6 Å². The molecule has 200 valence electrons. The van der Waals surface area contributed by atoms with Crippen LogP contribution in [0, 0.1) is 0 Å². The van der Waals surface area contributed by atoms with Crippen molar-refractivity contribution in [3.8, 4) is 0 Å². The van der Waals surface area contributed by atoms with E-state index in [9.17, 15) is 0 Å². The molecule has 2 aliphatic heterocycles. The molecule has 0 saturated carbocycles. The maximum Gasteiger partial charge on any atom is 0.487 e. The first-order valence-corrected chi connectivity index (χ1v) is 13.3. The summed E-state index contributed by atoms with van der Waals surface area (Å²) in [7, 11) is -0.546. The zero-order valence-corrected chi connectivity index (χ0v) is 24.2. The summed E-state index contributed by atoms with van der Waals surface area (Å²) in [5.74, 6) is 3.88. The SMILES string of the molecule is CC1(C)OB(/C=C\C=C\c2ccccc2)OC1(C)C.CC1(C)OB(/C=C\C=C\c2ccccc2)OC1(C)C. The van der Waals surface area contributed by atoms with Gasteiger partial charge in [0.1, 0.15) is 0 Å². The largest absolute Gasteiger partial charge is 0.487 e. The number of hydrogen-bond acceptors (Lipinski definition) is 4. The molecule has 0 amide bonds. The average Bonchev–Trinajstić information content (AvgIpc) is 3.19. The van der Waals surface area contributed by atoms with Gasteiger partial charge < -0.3 is 18.6 Å². The van der Waals surface area contributed by atoms with Crippen LogP contribution in [-0.4, -0.2) is 36.6 Å². The molecule has 0 bridgehead atoms. The molecule has 2 aromatic rings. The molecular weight excluding hydrogens is 470 g/mol. The summed E-state index contributed by atoms with van der Waals surface area (Å²) >= 11 is 0. The Bertz CT molecular complexity index is 1010. The smallest absolute Gasteiger partial charge is 0.400 e. The van der Waals surface area contributed by atoms with Gasteiger partial charge in [0.2, 0.25) is 0 Å². The highest BCUT2D eigenvalue weighted by Crippen LogP contribution is 2.37. The third kappa shape index (κ3) is 8.18. The first-order valence-electron chi connectivity index (χ1n) is 13.3. The molecule has 0 spiro atoms. The van der Waals surface area contributed by atoms with Crippen LogP contribution in [0.25, 0.3) is 12.2 Å². The van der Waals surface area contributed by atoms with Crippen LogP contribution in [0.5, 0.6) is 0 Å². The van der Waals surface area contributed by atoms with Crippen molar-refractivity contribution in [2.45, 2.75) is 77.8 Å². The molecule has 2 aliphatic rings. The van der Waals surface area contributed by atoms with Crippen LogP contribution in [0.3, 0.4) is 0 Å². The lowest BCUT2D eigenvalue weighted by Crippen LogP contribution is -2.41. The summed E-state index contributed by atoms with van der Waals surface area (Å²) in [6, 6.07) is 20.4. The van der Waals surface area contributed by atoms with Crippen molar-refractivity contribution in [1.29, 1.82) is 0 Å². The Hall–Kier alpha value is -2.63. The van der Waals surface area contributed by atoms with Crippen molar-refractivity contribution >= 4 is 26.4 Å². The maximum absolute atomic E-state index is 5.87. The van der Waals surface area contributed by atoms with E-state index >= 15 is 0 Å². The van der Waals surface area contributed by atoms with Crippen LogP contribution in [0.4, 0.5) is 0 Å². The van der Waals surface area contributed by atoms with Gasteiger partial charge in [0.25, 0.3) is 0 Å². The zero-order valence-electron chi connectivity index (χ0n) is 24.2. The molecule has 0 unspecified atom stereocenters. The van der Waals surface area contributed by atoms with Crippen molar-refractivity contribution < 1.29 is 18.6 Å². The molecule has 4 nitrogen and oxygen atoms in total. The second kappa shape index (κ2) is 12.5. The first-order chi connectivity index (χ1) is 17.8. The van der Waals surface area contributed by atoms with Gasteiger partial charge in [-0.15, -0.1) is 0 Å². The lowest BCUT2D eigenvalue weighted by atomic mass is 9.90. The number of benzene rings is 2. The van der Waals surface area contributed by atoms with Crippen LogP contribution in [0.15, 0.2) is 96.9 Å². The molecule has 6 heteroatoms. The first kappa shape index (κ1) is 29.9. The van der Waals surface area contributed by atoms with Crippen LogP contribution in [-0.2, 0) is 18.6 Å². The van der Waals surface area contributed by atoms with E-state index < -0.39 is 0 Å². The fraction of sp³-hybridized carbons (Fsp3) is 0.375. The minimum absolute atomic E-state index is 0.273.